The summed E-state index contributed by atoms with van der Waals surface area (Å²) in [5.74, 6) is -0.428. The highest BCUT2D eigenvalue weighted by molar-refractivity contribution is 7.17. The maximum Gasteiger partial charge on any atom is 0.169 e. The number of carbonyl (C=O) groups is 1. The molecular weight excluding hydrogens is 247 g/mol. The largest absolute Gasteiger partial charge is 0.294 e. The van der Waals surface area contributed by atoms with Crippen molar-refractivity contribution in [1.29, 1.82) is 0 Å². The van der Waals surface area contributed by atoms with Crippen molar-refractivity contribution in [2.75, 3.05) is 0 Å². The van der Waals surface area contributed by atoms with E-state index in [4.69, 9.17) is 11.6 Å². The SMILES string of the molecule is CC(=O)c1ccc(-c2ccc(Cl)c(F)c2)s1. The van der Waals surface area contributed by atoms with Gasteiger partial charge < -0.3 is 0 Å². The lowest BCUT2D eigenvalue weighted by Gasteiger charge is -1.98. The Morgan fingerprint density at radius 2 is 2.06 bits per heavy atom. The Labute approximate surface area is 101 Å². The molecule has 2 rings (SSSR count). The summed E-state index contributed by atoms with van der Waals surface area (Å²) < 4.78 is 13.2. The van der Waals surface area contributed by atoms with Crippen LogP contribution in [0.1, 0.15) is 16.6 Å². The minimum absolute atomic E-state index is 0.0192. The van der Waals surface area contributed by atoms with Gasteiger partial charge in [0.25, 0.3) is 0 Å². The first-order valence-corrected chi connectivity index (χ1v) is 5.83. The second-order valence-corrected chi connectivity index (χ2v) is 4.84. The molecule has 1 aromatic carbocycles. The molecule has 0 radical (unpaired) electrons. The summed E-state index contributed by atoms with van der Waals surface area (Å²) in [6.45, 7) is 1.51. The van der Waals surface area contributed by atoms with Gasteiger partial charge >= 0.3 is 0 Å². The number of carbonyl (C=O) groups excluding carboxylic acids is 1. The van der Waals surface area contributed by atoms with Gasteiger partial charge in [-0.1, -0.05) is 17.7 Å². The topological polar surface area (TPSA) is 17.1 Å². The van der Waals surface area contributed by atoms with Crippen molar-refractivity contribution in [2.45, 2.75) is 6.92 Å². The number of hydrogen-bond acceptors (Lipinski definition) is 2. The van der Waals surface area contributed by atoms with Gasteiger partial charge in [0, 0.05) is 4.88 Å². The number of thiophene rings is 1. The zero-order valence-electron chi connectivity index (χ0n) is 8.46. The average Bonchev–Trinajstić information content (AvgIpc) is 2.71. The van der Waals surface area contributed by atoms with Gasteiger partial charge in [-0.25, -0.2) is 4.39 Å². The molecule has 82 valence electrons. The van der Waals surface area contributed by atoms with Crippen LogP contribution in [0.25, 0.3) is 10.4 Å². The summed E-state index contributed by atoms with van der Waals surface area (Å²) in [4.78, 5) is 12.7. The van der Waals surface area contributed by atoms with Gasteiger partial charge in [-0.05, 0) is 36.8 Å². The first-order chi connectivity index (χ1) is 7.58. The van der Waals surface area contributed by atoms with Gasteiger partial charge in [0.15, 0.2) is 5.78 Å². The molecule has 0 unspecified atom stereocenters. The van der Waals surface area contributed by atoms with E-state index in [2.05, 4.69) is 0 Å². The molecule has 1 nitrogen and oxygen atoms in total. The van der Waals surface area contributed by atoms with Crippen molar-refractivity contribution in [2.24, 2.45) is 0 Å². The van der Waals surface area contributed by atoms with Crippen molar-refractivity contribution in [3.05, 3.63) is 46.0 Å². The Morgan fingerprint density at radius 3 is 2.62 bits per heavy atom. The van der Waals surface area contributed by atoms with Crippen molar-refractivity contribution >= 4 is 28.7 Å². The van der Waals surface area contributed by atoms with Crippen molar-refractivity contribution in [1.82, 2.24) is 0 Å². The van der Waals surface area contributed by atoms with Crippen LogP contribution in [0.3, 0.4) is 0 Å². The molecule has 0 atom stereocenters. The highest BCUT2D eigenvalue weighted by Gasteiger charge is 2.08. The molecule has 0 saturated heterocycles. The summed E-state index contributed by atoms with van der Waals surface area (Å²) >= 11 is 6.95. The van der Waals surface area contributed by atoms with Gasteiger partial charge in [0.2, 0.25) is 0 Å². The summed E-state index contributed by atoms with van der Waals surface area (Å²) in [6.07, 6.45) is 0. The molecule has 0 spiro atoms. The summed E-state index contributed by atoms with van der Waals surface area (Å²) in [6, 6.07) is 8.18. The third-order valence-corrected chi connectivity index (χ3v) is 3.70. The highest BCUT2D eigenvalue weighted by atomic mass is 35.5. The number of halogens is 2. The molecular formula is C12H8ClFOS. The van der Waals surface area contributed by atoms with E-state index in [0.717, 1.165) is 10.4 Å². The van der Waals surface area contributed by atoms with E-state index in [9.17, 15) is 9.18 Å². The molecule has 0 aliphatic rings. The predicted octanol–water partition coefficient (Wildman–Crippen LogP) is 4.41. The van der Waals surface area contributed by atoms with Crippen LogP contribution in [0.15, 0.2) is 30.3 Å². The van der Waals surface area contributed by atoms with Crippen molar-refractivity contribution in [3.8, 4) is 10.4 Å². The van der Waals surface area contributed by atoms with Crippen LogP contribution in [0.5, 0.6) is 0 Å². The number of benzene rings is 1. The van der Waals surface area contributed by atoms with Crippen molar-refractivity contribution < 1.29 is 9.18 Å². The molecule has 1 aromatic heterocycles. The average molecular weight is 255 g/mol. The Morgan fingerprint density at radius 1 is 1.31 bits per heavy atom. The van der Waals surface area contributed by atoms with Crippen LogP contribution in [-0.4, -0.2) is 5.78 Å². The minimum Gasteiger partial charge on any atom is -0.294 e. The Kier molecular flexibility index (Phi) is 3.08. The Hall–Kier alpha value is -1.19. The summed E-state index contributed by atoms with van der Waals surface area (Å²) in [5, 5.41) is 0.104. The second-order valence-electron chi connectivity index (χ2n) is 3.35. The molecule has 0 amide bonds. The van der Waals surface area contributed by atoms with E-state index in [-0.39, 0.29) is 10.8 Å². The molecule has 0 aliphatic carbocycles. The molecule has 2 aromatic rings. The normalized spacial score (nSPS) is 10.4. The highest BCUT2D eigenvalue weighted by Crippen LogP contribution is 2.30. The molecule has 16 heavy (non-hydrogen) atoms. The summed E-state index contributed by atoms with van der Waals surface area (Å²) in [7, 11) is 0. The van der Waals surface area contributed by atoms with Crippen LogP contribution in [-0.2, 0) is 0 Å². The number of ketones is 1. The van der Waals surface area contributed by atoms with Crippen LogP contribution < -0.4 is 0 Å². The van der Waals surface area contributed by atoms with E-state index in [1.54, 1.807) is 12.1 Å². The fourth-order valence-corrected chi connectivity index (χ4v) is 2.35. The quantitative estimate of drug-likeness (QED) is 0.726. The van der Waals surface area contributed by atoms with Crippen LogP contribution in [0, 0.1) is 5.82 Å². The van der Waals surface area contributed by atoms with E-state index >= 15 is 0 Å². The lowest BCUT2D eigenvalue weighted by atomic mass is 10.2. The maximum absolute atomic E-state index is 13.2. The molecule has 4 heteroatoms. The molecule has 1 heterocycles. The van der Waals surface area contributed by atoms with Gasteiger partial charge in [-0.2, -0.15) is 0 Å². The van der Waals surface area contributed by atoms with Crippen LogP contribution >= 0.6 is 22.9 Å². The molecule has 0 bridgehead atoms. The number of rotatable bonds is 2. The maximum atomic E-state index is 13.2. The third-order valence-electron chi connectivity index (χ3n) is 2.16. The lowest BCUT2D eigenvalue weighted by Crippen LogP contribution is -1.83. The molecule has 0 saturated carbocycles. The number of hydrogen-bond donors (Lipinski definition) is 0. The third kappa shape index (κ3) is 2.15. The van der Waals surface area contributed by atoms with E-state index in [1.165, 1.54) is 30.4 Å². The fraction of sp³-hybridized carbons (Fsp3) is 0.0833. The standard InChI is InChI=1S/C12H8ClFOS/c1-7(15)11-4-5-12(16-11)8-2-3-9(13)10(14)6-8/h2-6H,1H3. The summed E-state index contributed by atoms with van der Waals surface area (Å²) in [5.41, 5.74) is 0.736. The Balaban J connectivity index is 2.42. The minimum atomic E-state index is -0.447. The van der Waals surface area contributed by atoms with Gasteiger partial charge in [-0.15, -0.1) is 11.3 Å². The Bertz CT molecular complexity index is 548. The van der Waals surface area contributed by atoms with Gasteiger partial charge in [0.1, 0.15) is 5.82 Å². The molecule has 0 N–H and O–H groups in total. The van der Waals surface area contributed by atoms with E-state index in [1.807, 2.05) is 6.07 Å². The second kappa shape index (κ2) is 4.36. The first-order valence-electron chi connectivity index (χ1n) is 4.64. The van der Waals surface area contributed by atoms with Crippen LogP contribution in [0.4, 0.5) is 4.39 Å². The molecule has 0 aliphatic heterocycles. The lowest BCUT2D eigenvalue weighted by molar-refractivity contribution is 0.102. The van der Waals surface area contributed by atoms with Gasteiger partial charge in [0.05, 0.1) is 9.90 Å². The van der Waals surface area contributed by atoms with Crippen LogP contribution in [0.2, 0.25) is 5.02 Å². The number of Topliss-reactive ketones (excluding diaryl/α,β-unsaturated/α-hetero) is 1. The monoisotopic (exact) mass is 254 g/mol. The molecule has 0 fully saturated rings. The zero-order chi connectivity index (χ0) is 11.7. The smallest absolute Gasteiger partial charge is 0.169 e. The fourth-order valence-electron chi connectivity index (χ4n) is 1.33. The van der Waals surface area contributed by atoms with E-state index in [0.29, 0.717) is 4.88 Å². The van der Waals surface area contributed by atoms with Crippen molar-refractivity contribution in [3.63, 3.8) is 0 Å². The predicted molar refractivity (Wildman–Crippen MR) is 64.7 cm³/mol. The zero-order valence-corrected chi connectivity index (χ0v) is 10.0. The van der Waals surface area contributed by atoms with E-state index < -0.39 is 5.82 Å². The first kappa shape index (κ1) is 11.3. The van der Waals surface area contributed by atoms with Gasteiger partial charge in [-0.3, -0.25) is 4.79 Å².